The first-order chi connectivity index (χ1) is 8.62. The molecule has 0 radical (unpaired) electrons. The quantitative estimate of drug-likeness (QED) is 0.897. The summed E-state index contributed by atoms with van der Waals surface area (Å²) < 4.78 is 27.1. The minimum Gasteiger partial charge on any atom is -0.480 e. The maximum Gasteiger partial charge on any atom is 0.326 e. The molecule has 6 heteroatoms. The second kappa shape index (κ2) is 5.50. The van der Waals surface area contributed by atoms with E-state index in [1.165, 1.54) is 0 Å². The van der Waals surface area contributed by atoms with Gasteiger partial charge in [0, 0.05) is 24.8 Å². The van der Waals surface area contributed by atoms with Crippen molar-refractivity contribution in [1.82, 2.24) is 4.57 Å². The smallest absolute Gasteiger partial charge is 0.326 e. The minimum absolute atomic E-state index is 0.0697. The molecule has 0 fully saturated rings. The van der Waals surface area contributed by atoms with E-state index < -0.39 is 29.1 Å². The van der Waals surface area contributed by atoms with Gasteiger partial charge in [0.25, 0.3) is 11.5 Å². The largest absolute Gasteiger partial charge is 0.480 e. The van der Waals surface area contributed by atoms with Gasteiger partial charge in [-0.15, -0.1) is 0 Å². The lowest BCUT2D eigenvalue weighted by atomic mass is 10.0. The SMILES string of the molecule is CC(C)C[C@@H](C(=O)O)n1ccc(C(C)(F)F)cc1=O. The van der Waals surface area contributed by atoms with Gasteiger partial charge in [-0.05, 0) is 18.4 Å². The number of aliphatic carboxylic acids is 1. The first kappa shape index (κ1) is 15.3. The molecule has 0 spiro atoms. The standard InChI is InChI=1S/C13H17F2NO3/c1-8(2)6-10(12(18)19)16-5-4-9(7-11(16)17)13(3,14)15/h4-5,7-8,10H,6H2,1-3H3,(H,18,19)/t10-/m0/s1. The highest BCUT2D eigenvalue weighted by molar-refractivity contribution is 5.71. The van der Waals surface area contributed by atoms with Crippen LogP contribution in [0.2, 0.25) is 0 Å². The zero-order valence-corrected chi connectivity index (χ0v) is 11.1. The van der Waals surface area contributed by atoms with Crippen molar-refractivity contribution >= 4 is 5.97 Å². The van der Waals surface area contributed by atoms with Gasteiger partial charge in [-0.25, -0.2) is 13.6 Å². The molecule has 0 saturated heterocycles. The predicted molar refractivity (Wildman–Crippen MR) is 66.4 cm³/mol. The summed E-state index contributed by atoms with van der Waals surface area (Å²) in [6.07, 6.45) is 1.38. The Kier molecular flexibility index (Phi) is 4.44. The number of carbonyl (C=O) groups is 1. The number of pyridine rings is 1. The van der Waals surface area contributed by atoms with Crippen LogP contribution in [0, 0.1) is 5.92 Å². The highest BCUT2D eigenvalue weighted by Gasteiger charge is 2.27. The third-order valence-corrected chi connectivity index (χ3v) is 2.77. The lowest BCUT2D eigenvalue weighted by Gasteiger charge is -2.18. The van der Waals surface area contributed by atoms with Crippen LogP contribution in [-0.4, -0.2) is 15.6 Å². The van der Waals surface area contributed by atoms with Crippen molar-refractivity contribution in [2.75, 3.05) is 0 Å². The van der Waals surface area contributed by atoms with Crippen molar-refractivity contribution < 1.29 is 18.7 Å². The highest BCUT2D eigenvalue weighted by Crippen LogP contribution is 2.26. The molecule has 1 heterocycles. The molecular weight excluding hydrogens is 256 g/mol. The summed E-state index contributed by atoms with van der Waals surface area (Å²) in [5, 5.41) is 9.12. The number of rotatable bonds is 5. The molecule has 1 rings (SSSR count). The summed E-state index contributed by atoms with van der Waals surface area (Å²) in [4.78, 5) is 22.9. The Balaban J connectivity index is 3.20. The van der Waals surface area contributed by atoms with Gasteiger partial charge in [0.05, 0.1) is 0 Å². The molecule has 0 bridgehead atoms. The van der Waals surface area contributed by atoms with Gasteiger partial charge in [-0.3, -0.25) is 4.79 Å². The van der Waals surface area contributed by atoms with Gasteiger partial charge in [-0.1, -0.05) is 13.8 Å². The predicted octanol–water partition coefficient (Wildman–Crippen LogP) is 2.63. The summed E-state index contributed by atoms with van der Waals surface area (Å²) in [6.45, 7) is 4.35. The van der Waals surface area contributed by atoms with Crippen LogP contribution in [0.5, 0.6) is 0 Å². The van der Waals surface area contributed by atoms with Crippen LogP contribution in [0.15, 0.2) is 23.1 Å². The number of carboxylic acid groups (broad SMARTS) is 1. The fourth-order valence-corrected chi connectivity index (χ4v) is 1.80. The first-order valence-corrected chi connectivity index (χ1v) is 5.96. The number of nitrogens with zero attached hydrogens (tertiary/aromatic N) is 1. The molecule has 1 N–H and O–H groups in total. The van der Waals surface area contributed by atoms with E-state index in [0.29, 0.717) is 6.92 Å². The molecule has 1 atom stereocenters. The van der Waals surface area contributed by atoms with Crippen LogP contribution in [0.3, 0.4) is 0 Å². The van der Waals surface area contributed by atoms with Crippen LogP contribution in [0.4, 0.5) is 8.78 Å². The monoisotopic (exact) mass is 273 g/mol. The van der Waals surface area contributed by atoms with Gasteiger partial charge < -0.3 is 9.67 Å². The molecule has 0 aliphatic rings. The zero-order chi connectivity index (χ0) is 14.8. The number of hydrogen-bond acceptors (Lipinski definition) is 2. The van der Waals surface area contributed by atoms with E-state index in [1.54, 1.807) is 0 Å². The van der Waals surface area contributed by atoms with Crippen LogP contribution < -0.4 is 5.56 Å². The lowest BCUT2D eigenvalue weighted by Crippen LogP contribution is -2.31. The average Bonchev–Trinajstić information content (AvgIpc) is 2.24. The molecule has 0 unspecified atom stereocenters. The maximum absolute atomic E-state index is 13.1. The number of hydrogen-bond donors (Lipinski definition) is 1. The fraction of sp³-hybridized carbons (Fsp3) is 0.538. The molecular formula is C13H17F2NO3. The molecule has 106 valence electrons. The first-order valence-electron chi connectivity index (χ1n) is 5.96. The summed E-state index contributed by atoms with van der Waals surface area (Å²) in [5.74, 6) is -4.19. The summed E-state index contributed by atoms with van der Waals surface area (Å²) >= 11 is 0. The maximum atomic E-state index is 13.1. The second-order valence-electron chi connectivity index (χ2n) is 5.03. The summed E-state index contributed by atoms with van der Waals surface area (Å²) in [7, 11) is 0. The van der Waals surface area contributed by atoms with Crippen LogP contribution in [-0.2, 0) is 10.7 Å². The Morgan fingerprint density at radius 3 is 2.42 bits per heavy atom. The van der Waals surface area contributed by atoms with E-state index in [0.717, 1.165) is 22.9 Å². The highest BCUT2D eigenvalue weighted by atomic mass is 19.3. The number of aromatic nitrogens is 1. The third-order valence-electron chi connectivity index (χ3n) is 2.77. The van der Waals surface area contributed by atoms with Gasteiger partial charge in [0.15, 0.2) is 0 Å². The molecule has 1 aromatic rings. The molecule has 1 aromatic heterocycles. The van der Waals surface area contributed by atoms with E-state index in [1.807, 2.05) is 13.8 Å². The van der Waals surface area contributed by atoms with E-state index in [-0.39, 0.29) is 12.3 Å². The van der Waals surface area contributed by atoms with Crippen molar-refractivity contribution in [3.05, 3.63) is 34.2 Å². The zero-order valence-electron chi connectivity index (χ0n) is 11.1. The Morgan fingerprint density at radius 2 is 2.05 bits per heavy atom. The van der Waals surface area contributed by atoms with Crippen molar-refractivity contribution in [3.8, 4) is 0 Å². The van der Waals surface area contributed by atoms with Crippen molar-refractivity contribution in [1.29, 1.82) is 0 Å². The Morgan fingerprint density at radius 1 is 1.47 bits per heavy atom. The molecule has 0 aromatic carbocycles. The number of halogens is 2. The van der Waals surface area contributed by atoms with Crippen LogP contribution in [0.1, 0.15) is 38.8 Å². The molecule has 19 heavy (non-hydrogen) atoms. The van der Waals surface area contributed by atoms with Crippen molar-refractivity contribution in [2.24, 2.45) is 5.92 Å². The summed E-state index contributed by atoms with van der Waals surface area (Å²) in [5.41, 5.74) is -1.14. The normalized spacial score (nSPS) is 13.6. The van der Waals surface area contributed by atoms with E-state index in [2.05, 4.69) is 0 Å². The fourth-order valence-electron chi connectivity index (χ4n) is 1.80. The Labute approximate surface area is 109 Å². The Hall–Kier alpha value is -1.72. The molecule has 0 amide bonds. The molecule has 4 nitrogen and oxygen atoms in total. The van der Waals surface area contributed by atoms with E-state index >= 15 is 0 Å². The van der Waals surface area contributed by atoms with Gasteiger partial charge in [0.1, 0.15) is 6.04 Å². The van der Waals surface area contributed by atoms with Gasteiger partial charge >= 0.3 is 5.97 Å². The lowest BCUT2D eigenvalue weighted by molar-refractivity contribution is -0.141. The number of carboxylic acids is 1. The van der Waals surface area contributed by atoms with Gasteiger partial charge in [0.2, 0.25) is 0 Å². The van der Waals surface area contributed by atoms with Crippen LogP contribution >= 0.6 is 0 Å². The molecule has 0 aliphatic heterocycles. The minimum atomic E-state index is -3.12. The van der Waals surface area contributed by atoms with Gasteiger partial charge in [-0.2, -0.15) is 0 Å². The van der Waals surface area contributed by atoms with Crippen molar-refractivity contribution in [2.45, 2.75) is 39.2 Å². The topological polar surface area (TPSA) is 59.3 Å². The van der Waals surface area contributed by atoms with Crippen LogP contribution in [0.25, 0.3) is 0 Å². The van der Waals surface area contributed by atoms with Crippen molar-refractivity contribution in [3.63, 3.8) is 0 Å². The van der Waals surface area contributed by atoms with E-state index in [9.17, 15) is 18.4 Å². The average molecular weight is 273 g/mol. The molecule has 0 saturated carbocycles. The molecule has 0 aliphatic carbocycles. The number of alkyl halides is 2. The van der Waals surface area contributed by atoms with E-state index in [4.69, 9.17) is 5.11 Å². The second-order valence-corrected chi connectivity index (χ2v) is 5.03. The Bertz CT molecular complexity index is 517. The third kappa shape index (κ3) is 3.87. The summed E-state index contributed by atoms with van der Waals surface area (Å²) in [6, 6.07) is 0.834.